The van der Waals surface area contributed by atoms with Gasteiger partial charge in [-0.25, -0.2) is 29.1 Å². The molecular formula is C22H26N10O11P2S. The van der Waals surface area contributed by atoms with Crippen molar-refractivity contribution < 1.29 is 47.1 Å². The van der Waals surface area contributed by atoms with E-state index in [1.807, 2.05) is 0 Å². The Balaban J connectivity index is 1.14. The number of nitrogens with two attached hydrogens (primary N) is 1. The predicted molar refractivity (Wildman–Crippen MR) is 154 cm³/mol. The molecule has 2 saturated carbocycles. The highest BCUT2D eigenvalue weighted by Crippen LogP contribution is 2.73. The maximum atomic E-state index is 13.6. The summed E-state index contributed by atoms with van der Waals surface area (Å²) >= 11 is 4.13. The first kappa shape index (κ1) is 30.5. The minimum absolute atomic E-state index is 0.0563. The molecule has 4 fully saturated rings. The van der Waals surface area contributed by atoms with Crippen LogP contribution in [-0.4, -0.2) is 103 Å². The number of H-pyrrole nitrogens is 1. The lowest BCUT2D eigenvalue weighted by Gasteiger charge is -2.30. The third kappa shape index (κ3) is 4.66. The van der Waals surface area contributed by atoms with Gasteiger partial charge in [0.2, 0.25) is 0 Å². The molecule has 0 aromatic carbocycles. The molecule has 4 aromatic heterocycles. The number of thiol groups is 1. The smallest absolute Gasteiger partial charge is 0.388 e. The van der Waals surface area contributed by atoms with E-state index in [1.54, 1.807) is 4.57 Å². The van der Waals surface area contributed by atoms with Crippen LogP contribution >= 0.6 is 26.9 Å². The Morgan fingerprint density at radius 3 is 2.74 bits per heavy atom. The summed E-state index contributed by atoms with van der Waals surface area (Å²) in [6.07, 6.45) is -5.74. The van der Waals surface area contributed by atoms with Gasteiger partial charge in [-0.1, -0.05) is 17.5 Å². The van der Waals surface area contributed by atoms with Gasteiger partial charge >= 0.3 is 14.6 Å². The number of aliphatic hydroxyl groups excluding tert-OH is 2. The number of phosphoric ester groups is 1. The van der Waals surface area contributed by atoms with Gasteiger partial charge in [0.1, 0.15) is 48.2 Å². The topological polar surface area (TPSA) is 287 Å². The van der Waals surface area contributed by atoms with E-state index >= 15 is 0 Å². The normalized spacial score (nSPS) is 41.1. The number of phosphoric acid groups is 1. The van der Waals surface area contributed by atoms with Crippen LogP contribution in [-0.2, 0) is 32.0 Å². The van der Waals surface area contributed by atoms with Crippen LogP contribution in [0.4, 0.5) is 5.82 Å². The molecule has 1 spiro atoms. The van der Waals surface area contributed by atoms with Crippen LogP contribution in [0, 0.1) is 18.3 Å². The first-order valence-corrected chi connectivity index (χ1v) is 18.1. The Morgan fingerprint density at radius 2 is 1.93 bits per heavy atom. The van der Waals surface area contributed by atoms with E-state index in [4.69, 9.17) is 28.6 Å². The third-order valence-corrected chi connectivity index (χ3v) is 11.5. The van der Waals surface area contributed by atoms with E-state index < -0.39 is 87.5 Å². The molecule has 6 heterocycles. The van der Waals surface area contributed by atoms with Crippen LogP contribution in [0.2, 0.25) is 0 Å². The number of ether oxygens (including phenoxy) is 1. The van der Waals surface area contributed by atoms with Gasteiger partial charge in [0.15, 0.2) is 28.9 Å². The molecular weight excluding hydrogens is 674 g/mol. The zero-order valence-electron chi connectivity index (χ0n) is 23.5. The van der Waals surface area contributed by atoms with Crippen molar-refractivity contribution in [2.24, 2.45) is 11.3 Å². The molecule has 2 bridgehead atoms. The Bertz CT molecular complexity index is 2040. The van der Waals surface area contributed by atoms with Crippen molar-refractivity contribution in [3.05, 3.63) is 28.8 Å². The molecule has 11 atom stereocenters. The molecule has 6 N–H and O–H groups in total. The minimum atomic E-state index is -5.01. The second-order valence-electron chi connectivity index (χ2n) is 11.6. The number of aliphatic hydroxyl groups is 2. The molecule has 246 valence electrons. The van der Waals surface area contributed by atoms with Crippen LogP contribution < -0.4 is 11.3 Å². The summed E-state index contributed by atoms with van der Waals surface area (Å²) in [5, 5.41) is 30.4. The van der Waals surface area contributed by atoms with Crippen LogP contribution in [0.15, 0.2) is 17.4 Å². The minimum Gasteiger partial charge on any atom is -0.388 e. The highest BCUT2D eigenvalue weighted by atomic mass is 32.7. The number of aromatic amines is 1. The summed E-state index contributed by atoms with van der Waals surface area (Å²) < 4.78 is 57.8. The largest absolute Gasteiger partial charge is 0.472 e. The summed E-state index contributed by atoms with van der Waals surface area (Å²) in [6.45, 7) is -3.88. The summed E-state index contributed by atoms with van der Waals surface area (Å²) in [5.74, 6) is -0.0936. The monoisotopic (exact) mass is 700 g/mol. The second kappa shape index (κ2) is 10.3. The first-order chi connectivity index (χ1) is 21.8. The standard InChI is InChI=1S/C22H26N10O11P2S/c1-7-27-19-11(20(35)28-7)29-30-32(19)21-15-13(33)9(41-21)3-39-45(38,46)43-16-14(34)12(8-2-22(8,16)4-40-44(36,37)42-15)31-6-26-10-17(23)24-5-25-18(10)31/h5-6,8-9,12-16,21,33-34H,2-4H2,1H3,(H,36,37)(H,38,46)(H2,23,24,25)(H,27,28,35)/t8-,9-,12-,13-,14+,15-,16+,21-,22+,45+/m1/s1. The third-order valence-electron chi connectivity index (χ3n) is 8.93. The first-order valence-electron chi connectivity index (χ1n) is 13.9. The SMILES string of the molecule is Cc1nc2c(nnn2[C@@H]2O[C@@H]3CO[P@](=O)(S)O[C@H]4[C@@H](O)[C@H](n5cnc6c(N)ncnc65)[C@H]5C[C@]54COP(=O)(O)O[C@@H]2[C@@H]3O)c(=O)[nH]1. The molecule has 0 amide bonds. The van der Waals surface area contributed by atoms with Gasteiger partial charge < -0.3 is 35.1 Å². The van der Waals surface area contributed by atoms with Crippen LogP contribution in [0.5, 0.6) is 0 Å². The fraction of sp³-hybridized carbons (Fsp3) is 0.591. The molecule has 0 radical (unpaired) electrons. The Hall–Kier alpha value is -2.88. The van der Waals surface area contributed by atoms with Crippen molar-refractivity contribution in [2.45, 2.75) is 56.1 Å². The van der Waals surface area contributed by atoms with E-state index in [0.717, 1.165) is 4.68 Å². The molecule has 24 heteroatoms. The van der Waals surface area contributed by atoms with Crippen LogP contribution in [0.3, 0.4) is 0 Å². The highest BCUT2D eigenvalue weighted by molar-refractivity contribution is 8.44. The molecule has 8 rings (SSSR count). The summed E-state index contributed by atoms with van der Waals surface area (Å²) in [7, 11) is -5.01. The second-order valence-corrected chi connectivity index (χ2v) is 15.9. The van der Waals surface area contributed by atoms with E-state index in [2.05, 4.69) is 47.5 Å². The quantitative estimate of drug-likeness (QED) is 0.112. The number of fused-ring (bicyclic) bond motifs is 4. The number of nitrogens with one attached hydrogen (secondary N) is 1. The highest BCUT2D eigenvalue weighted by Gasteiger charge is 2.74. The van der Waals surface area contributed by atoms with E-state index in [9.17, 15) is 29.0 Å². The molecule has 2 aliphatic carbocycles. The number of aryl methyl sites for hydroxylation is 1. The summed E-state index contributed by atoms with van der Waals surface area (Å²) in [5.41, 5.74) is 4.62. The Kier molecular flexibility index (Phi) is 6.82. The van der Waals surface area contributed by atoms with E-state index in [-0.39, 0.29) is 22.8 Å². The van der Waals surface area contributed by atoms with Gasteiger partial charge in [-0.05, 0) is 19.3 Å². The Morgan fingerprint density at radius 1 is 1.13 bits per heavy atom. The van der Waals surface area contributed by atoms with Gasteiger partial charge in [-0.3, -0.25) is 22.9 Å². The lowest BCUT2D eigenvalue weighted by atomic mass is 10.0. The molecule has 4 aliphatic rings. The van der Waals surface area contributed by atoms with Crippen molar-refractivity contribution >= 4 is 55.0 Å². The molecule has 2 saturated heterocycles. The van der Waals surface area contributed by atoms with E-state index in [1.165, 1.54) is 19.6 Å². The van der Waals surface area contributed by atoms with Gasteiger partial charge in [-0.2, -0.15) is 4.68 Å². The maximum absolute atomic E-state index is 13.6. The molecule has 21 nitrogen and oxygen atoms in total. The number of anilines is 1. The summed E-state index contributed by atoms with van der Waals surface area (Å²) in [4.78, 5) is 42.4. The van der Waals surface area contributed by atoms with Crippen LogP contribution in [0.1, 0.15) is 24.5 Å². The number of nitrogen functional groups attached to an aromatic ring is 1. The lowest BCUT2D eigenvalue weighted by molar-refractivity contribution is -0.0641. The number of nitrogens with zero attached hydrogens (tertiary/aromatic N) is 8. The average molecular weight is 701 g/mol. The predicted octanol–water partition coefficient (Wildman–Crippen LogP) is -0.619. The molecule has 4 aromatic rings. The van der Waals surface area contributed by atoms with Gasteiger partial charge in [0, 0.05) is 5.41 Å². The maximum Gasteiger partial charge on any atom is 0.472 e. The van der Waals surface area contributed by atoms with Crippen molar-refractivity contribution in [2.75, 3.05) is 18.9 Å². The van der Waals surface area contributed by atoms with Crippen LogP contribution in [0.25, 0.3) is 22.3 Å². The molecule has 46 heavy (non-hydrogen) atoms. The van der Waals surface area contributed by atoms with E-state index in [0.29, 0.717) is 17.6 Å². The molecule has 1 unspecified atom stereocenters. The van der Waals surface area contributed by atoms with Gasteiger partial charge in [0.25, 0.3) is 5.56 Å². The lowest BCUT2D eigenvalue weighted by Crippen LogP contribution is -2.37. The van der Waals surface area contributed by atoms with Crippen molar-refractivity contribution in [3.63, 3.8) is 0 Å². The van der Waals surface area contributed by atoms with Crippen molar-refractivity contribution in [1.82, 2.24) is 44.5 Å². The number of hydrogen-bond donors (Lipinski definition) is 6. The number of hydrogen-bond acceptors (Lipinski definition) is 17. The fourth-order valence-electron chi connectivity index (χ4n) is 6.77. The summed E-state index contributed by atoms with van der Waals surface area (Å²) in [6, 6.07) is -0.751. The zero-order valence-corrected chi connectivity index (χ0v) is 26.2. The molecule has 2 aliphatic heterocycles. The van der Waals surface area contributed by atoms with Crippen molar-refractivity contribution in [1.29, 1.82) is 0 Å². The van der Waals surface area contributed by atoms with Crippen molar-refractivity contribution in [3.8, 4) is 0 Å². The van der Waals surface area contributed by atoms with Gasteiger partial charge in [-0.15, -0.1) is 5.10 Å². The Labute approximate surface area is 261 Å². The van der Waals surface area contributed by atoms with Gasteiger partial charge in [0.05, 0.1) is 25.6 Å². The number of imidazole rings is 1. The average Bonchev–Trinajstić information content (AvgIpc) is 3.26. The number of rotatable bonds is 2. The fourth-order valence-corrected chi connectivity index (χ4v) is 9.30. The number of aromatic nitrogens is 9. The zero-order chi connectivity index (χ0) is 32.3.